The normalized spacial score (nSPS) is 23.2. The highest BCUT2D eigenvalue weighted by Crippen LogP contribution is 2.27. The average molecular weight is 1940 g/mol. The SMILES string of the molecule is CCCCCCN1CC(=O)N[C@@H](Cc2ccc(O)cc2)C(=O)N[C@@H](CC(C)C)C(=O)N[C@@H](CC(N)=O)C(=O)N[C@@H](CCCN)C(=O)N(C)[C@@H](CC(C)C)C(=O)N[C@@H](CCCCC)C(=O)N2CCC[C@H]2C(=O)N[C@@H](C(C)(C)C)C(=O)N[C@@H](CO)C(=O)N[C@H](C(=O)N[C@@H](CC(=O)NCCO)C(=O)O)CSCC(=O)N[C@@H](Cc2ccccc2)C(=O)N[C@@H](Cc2ccc(O)cc2)C(=O)N[C@@H](CC(=O)O)C1=O. The molecule has 0 aliphatic carbocycles. The van der Waals surface area contributed by atoms with Crippen LogP contribution in [0.3, 0.4) is 0 Å². The molecule has 3 aromatic rings. The van der Waals surface area contributed by atoms with Crippen molar-refractivity contribution in [1.82, 2.24) is 83.8 Å². The lowest BCUT2D eigenvalue weighted by molar-refractivity contribution is -0.146. The largest absolute Gasteiger partial charge is 0.508 e. The Bertz CT molecular complexity index is 4580. The Labute approximate surface area is 801 Å². The number of rotatable bonds is 34. The van der Waals surface area contributed by atoms with Crippen LogP contribution in [0, 0.1) is 17.3 Å². The minimum atomic E-state index is -2.04. The van der Waals surface area contributed by atoms with Crippen molar-refractivity contribution in [3.05, 3.63) is 95.6 Å². The van der Waals surface area contributed by atoms with Crippen molar-refractivity contribution >= 4 is 124 Å². The molecule has 44 heteroatoms. The molecular weight excluding hydrogens is 1800 g/mol. The molecule has 0 aromatic heterocycles. The highest BCUT2D eigenvalue weighted by Gasteiger charge is 2.45. The van der Waals surface area contributed by atoms with Crippen molar-refractivity contribution < 1.29 is 122 Å². The molecule has 0 bridgehead atoms. The summed E-state index contributed by atoms with van der Waals surface area (Å²) in [6.07, 6.45) is -0.562. The number of nitrogens with zero attached hydrogens (tertiary/aromatic N) is 3. The van der Waals surface area contributed by atoms with Gasteiger partial charge in [0.1, 0.15) is 96.1 Å². The van der Waals surface area contributed by atoms with Crippen LogP contribution in [0.25, 0.3) is 0 Å². The number of carbonyl (C=O) groups excluding carboxylic acids is 17. The van der Waals surface area contributed by atoms with E-state index in [9.17, 15) is 88.2 Å². The molecule has 0 radical (unpaired) electrons. The van der Waals surface area contributed by atoms with E-state index in [1.54, 1.807) is 78.8 Å². The zero-order valence-electron chi connectivity index (χ0n) is 79.6. The number of hydrogen-bond donors (Lipinski definition) is 21. The third-order valence-corrected chi connectivity index (χ3v) is 23.8. The molecule has 2 heterocycles. The molecule has 43 nitrogen and oxygen atoms in total. The van der Waals surface area contributed by atoms with Crippen LogP contribution in [-0.4, -0.2) is 307 Å². The summed E-state index contributed by atoms with van der Waals surface area (Å²) in [6.45, 7) is 12.0. The van der Waals surface area contributed by atoms with Crippen molar-refractivity contribution in [3.8, 4) is 11.5 Å². The molecule has 2 saturated heterocycles. The number of nitrogens with two attached hydrogens (primary N) is 2. The summed E-state index contributed by atoms with van der Waals surface area (Å²) in [6, 6.07) is -4.91. The molecule has 14 atom stereocenters. The van der Waals surface area contributed by atoms with Crippen molar-refractivity contribution in [2.24, 2.45) is 28.7 Å². The molecule has 2 fully saturated rings. The number of phenolic OH excluding ortho intramolecular Hbond substituents is 2. The highest BCUT2D eigenvalue weighted by molar-refractivity contribution is 8.00. The van der Waals surface area contributed by atoms with Gasteiger partial charge in [0.2, 0.25) is 100 Å². The lowest BCUT2D eigenvalue weighted by Crippen LogP contribution is -2.62. The molecule has 0 saturated carbocycles. The van der Waals surface area contributed by atoms with Gasteiger partial charge in [-0.05, 0) is 116 Å². The van der Waals surface area contributed by atoms with Gasteiger partial charge in [-0.25, -0.2) is 4.79 Å². The van der Waals surface area contributed by atoms with E-state index in [1.807, 2.05) is 13.8 Å². The zero-order valence-corrected chi connectivity index (χ0v) is 80.4. The minimum absolute atomic E-state index is 0.0256. The summed E-state index contributed by atoms with van der Waals surface area (Å²) in [5, 5.41) is 94.5. The predicted molar refractivity (Wildman–Crippen MR) is 503 cm³/mol. The number of amides is 17. The van der Waals surface area contributed by atoms with Crippen molar-refractivity contribution in [2.45, 2.75) is 275 Å². The molecule has 5 rings (SSSR count). The smallest absolute Gasteiger partial charge is 0.326 e. The molecule has 0 spiro atoms. The average Bonchev–Trinajstić information content (AvgIpc) is 1.79. The molecular formula is C93H140N18O25S. The molecule has 3 aromatic carbocycles. The van der Waals surface area contributed by atoms with E-state index < -0.39 is 265 Å². The number of aliphatic hydroxyl groups is 2. The van der Waals surface area contributed by atoms with E-state index in [-0.39, 0.29) is 113 Å². The first-order valence-electron chi connectivity index (χ1n) is 46.4. The van der Waals surface area contributed by atoms with Crippen LogP contribution in [0.5, 0.6) is 11.5 Å². The number of carboxylic acid groups (broad SMARTS) is 2. The summed E-state index contributed by atoms with van der Waals surface area (Å²) >= 11 is 0.610. The first-order chi connectivity index (χ1) is 64.8. The zero-order chi connectivity index (χ0) is 102. The fourth-order valence-electron chi connectivity index (χ4n) is 15.4. The number of benzene rings is 3. The minimum Gasteiger partial charge on any atom is -0.508 e. The van der Waals surface area contributed by atoms with Crippen molar-refractivity contribution in [2.75, 3.05) is 64.5 Å². The molecule has 137 heavy (non-hydrogen) atoms. The summed E-state index contributed by atoms with van der Waals surface area (Å²) in [5.41, 5.74) is 11.5. The summed E-state index contributed by atoms with van der Waals surface area (Å²) in [7, 11) is 1.30. The van der Waals surface area contributed by atoms with Gasteiger partial charge in [-0.3, -0.25) is 86.3 Å². The number of phenols is 2. The molecule has 0 unspecified atom stereocenters. The van der Waals surface area contributed by atoms with E-state index in [2.05, 4.69) is 69.1 Å². The maximum Gasteiger partial charge on any atom is 0.326 e. The number of aromatic hydroxyl groups is 2. The van der Waals surface area contributed by atoms with Crippen molar-refractivity contribution in [3.63, 3.8) is 0 Å². The number of fused-ring (bicyclic) bond motifs is 1. The maximum atomic E-state index is 15.3. The van der Waals surface area contributed by atoms with Gasteiger partial charge < -0.3 is 126 Å². The van der Waals surface area contributed by atoms with Crippen LogP contribution in [0.2, 0.25) is 0 Å². The number of thioether (sulfide) groups is 1. The Kier molecular flexibility index (Phi) is 48.7. The third kappa shape index (κ3) is 39.6. The van der Waals surface area contributed by atoms with E-state index >= 15 is 33.6 Å². The Morgan fingerprint density at radius 2 is 1.02 bits per heavy atom. The van der Waals surface area contributed by atoms with E-state index in [0.717, 1.165) is 9.80 Å². The van der Waals surface area contributed by atoms with Crippen LogP contribution in [-0.2, 0) is 110 Å². The Hall–Kier alpha value is -12.6. The van der Waals surface area contributed by atoms with Crippen LogP contribution in [0.4, 0.5) is 0 Å². The second kappa shape index (κ2) is 58.1. The van der Waals surface area contributed by atoms with E-state index in [4.69, 9.17) is 11.5 Å². The van der Waals surface area contributed by atoms with Gasteiger partial charge in [-0.15, -0.1) is 11.8 Å². The standard InChI is InChI=1S/C93H140N18O25S/c1-11-13-15-20-38-110-49-75(118)97-63(44-56-28-32-58(114)33-29-56)80(123)101-62(41-53(3)4)79(122)103-66(46-73(95)116)83(126)99-60(26-21-36-94)89(132)109(10)72(42-54(5)6)87(130)100-61(25-17-14-12-2)91(134)111-39-22-27-71(111)86(129)108-78(93(7,8)9)88(131)106-69(50-113)84(127)107-70(85(128)105-68(92(135)136)47-74(117)96-37-40-112)51-137-52-76(119)98-64(43-55-23-18-16-19-24-55)81(124)102-65(45-57-30-34-59(115)35-31-57)82(125)104-67(90(110)133)48-77(120)121/h16,18-19,23-24,28-35,53-54,60-72,78,112-115H,11-15,17,20-22,25-27,36-52,94H2,1-10H3,(H2,95,116)(H,96,117)(H,97,118)(H,98,119)(H,99,126)(H,100,130)(H,101,123)(H,102,124)(H,103,122)(H,104,125)(H,105,128)(H,106,131)(H,107,127)(H,108,129)(H,120,121)(H,135,136)/t60-,61-,62-,63-,64-,65-,66-,67-,68-,69-,70-,71-,72-,78+/m0/s1. The number of likely N-dealkylation sites (N-methyl/N-ethyl adjacent to an activating group) is 1. The van der Waals surface area contributed by atoms with Crippen LogP contribution >= 0.6 is 11.8 Å². The molecule has 2 aliphatic heterocycles. The third-order valence-electron chi connectivity index (χ3n) is 22.8. The fraction of sp³-hybridized carbons (Fsp3) is 0.602. The maximum absolute atomic E-state index is 15.3. The van der Waals surface area contributed by atoms with E-state index in [1.165, 1.54) is 60.5 Å². The second-order valence-corrected chi connectivity index (χ2v) is 37.3. The molecule has 758 valence electrons. The summed E-state index contributed by atoms with van der Waals surface area (Å²) in [4.78, 5) is 279. The van der Waals surface area contributed by atoms with Gasteiger partial charge in [-0.2, -0.15) is 0 Å². The van der Waals surface area contributed by atoms with Crippen LogP contribution < -0.4 is 80.6 Å². The number of carboxylic acids is 2. The first-order valence-corrected chi connectivity index (χ1v) is 47.5. The number of carbonyl (C=O) groups is 19. The van der Waals surface area contributed by atoms with E-state index in [0.29, 0.717) is 61.4 Å². The number of hydrogen-bond acceptors (Lipinski definition) is 25. The van der Waals surface area contributed by atoms with Crippen LogP contribution in [0.15, 0.2) is 78.9 Å². The van der Waals surface area contributed by atoms with Gasteiger partial charge in [0.15, 0.2) is 0 Å². The molecule has 2 aliphatic rings. The van der Waals surface area contributed by atoms with Gasteiger partial charge >= 0.3 is 11.9 Å². The van der Waals surface area contributed by atoms with Crippen molar-refractivity contribution in [1.29, 1.82) is 0 Å². The quantitative estimate of drug-likeness (QED) is 0.0296. The van der Waals surface area contributed by atoms with Gasteiger partial charge in [0.05, 0.1) is 44.8 Å². The summed E-state index contributed by atoms with van der Waals surface area (Å²) in [5.74, 6) is -23.6. The lowest BCUT2D eigenvalue weighted by atomic mass is 9.85. The predicted octanol–water partition coefficient (Wildman–Crippen LogP) is -1.70. The molecule has 23 N–H and O–H groups in total. The Morgan fingerprint density at radius 3 is 1.56 bits per heavy atom. The number of aliphatic hydroxyl groups excluding tert-OH is 2. The van der Waals surface area contributed by atoms with Gasteiger partial charge in [-0.1, -0.05) is 155 Å². The van der Waals surface area contributed by atoms with Gasteiger partial charge in [0.25, 0.3) is 0 Å². The number of primary amides is 1. The van der Waals surface area contributed by atoms with Crippen LogP contribution in [0.1, 0.15) is 188 Å². The Morgan fingerprint density at radius 1 is 0.526 bits per heavy atom. The fourth-order valence-corrected chi connectivity index (χ4v) is 16.3. The summed E-state index contributed by atoms with van der Waals surface area (Å²) < 4.78 is 0. The topological polar surface area (TPSA) is 664 Å². The number of nitrogens with one attached hydrogen (secondary N) is 13. The lowest BCUT2D eigenvalue weighted by Gasteiger charge is -2.35. The number of aliphatic carboxylic acids is 2. The highest BCUT2D eigenvalue weighted by atomic mass is 32.2. The Balaban J connectivity index is 1.72. The second-order valence-electron chi connectivity index (χ2n) is 36.3. The number of unbranched alkanes of at least 4 members (excludes halogenated alkanes) is 5. The monoisotopic (exact) mass is 1940 g/mol. The van der Waals surface area contributed by atoms with Gasteiger partial charge in [0, 0.05) is 51.7 Å². The first kappa shape index (κ1) is 115. The molecule has 17 amide bonds.